The van der Waals surface area contributed by atoms with Gasteiger partial charge in [-0.05, 0) is 507 Å². The van der Waals surface area contributed by atoms with E-state index in [1.54, 1.807) is 32.8 Å². The molecule has 0 N–H and O–H groups in total. The Bertz CT molecular complexity index is 2880. The molecule has 0 saturated heterocycles. The molecule has 20 bridgehead atoms. The first-order chi connectivity index (χ1) is 63.8. The lowest BCUT2D eigenvalue weighted by Gasteiger charge is -2.56. The molecule has 23 rings (SSSR count). The third-order valence-electron chi connectivity index (χ3n) is 38.4. The van der Waals surface area contributed by atoms with E-state index in [-0.39, 0.29) is 11.2 Å². The van der Waals surface area contributed by atoms with E-state index in [1.807, 2.05) is 27.7 Å². The van der Waals surface area contributed by atoms with Gasteiger partial charge < -0.3 is 56.8 Å². The van der Waals surface area contributed by atoms with Crippen molar-refractivity contribution >= 4 is 0 Å². The van der Waals surface area contributed by atoms with Crippen LogP contribution in [-0.4, -0.2) is 154 Å². The predicted octanol–water partition coefficient (Wildman–Crippen LogP) is 32.2. The van der Waals surface area contributed by atoms with Crippen LogP contribution in [-0.2, 0) is 56.8 Å². The second-order valence-corrected chi connectivity index (χ2v) is 51.0. The van der Waals surface area contributed by atoms with Crippen molar-refractivity contribution < 1.29 is 56.8 Å². The van der Waals surface area contributed by atoms with Gasteiger partial charge in [0.05, 0.1) is 47.8 Å². The summed E-state index contributed by atoms with van der Waals surface area (Å²) in [6, 6.07) is 0. The van der Waals surface area contributed by atoms with Crippen LogP contribution in [0.4, 0.5) is 0 Å². The van der Waals surface area contributed by atoms with Crippen molar-refractivity contribution in [3.63, 3.8) is 0 Å². The first-order valence-electron chi connectivity index (χ1n) is 59.0. The quantitative estimate of drug-likeness (QED) is 0.0665. The summed E-state index contributed by atoms with van der Waals surface area (Å²) in [6.45, 7) is 64.5. The highest BCUT2D eigenvalue weighted by atomic mass is 16.5. The summed E-state index contributed by atoms with van der Waals surface area (Å²) in [5.41, 5.74) is 2.03. The van der Waals surface area contributed by atoms with E-state index in [2.05, 4.69) is 132 Å². The molecular formula is C121H226O12. The molecule has 0 radical (unpaired) electrons. The van der Waals surface area contributed by atoms with Crippen LogP contribution < -0.4 is 0 Å². The standard InChI is InChI=1S/C13H22O.2C12H20O.C12H22O.C12H24O.C11H20O.C10H18O.C10H20O.C9H16O.C9H18O.C6H14O.C5H12O/c1-2-14-9-13-6-10-3-11(7-13)5-12(4-10)8-13;1-2-13-12-6-9-3-10(7-12)5-11(4-9)8-12;1-2-13-12-10-4-8-3-9(6-10)7-11(12)5-8;1-5-13-10-8-9-6-7-12(10,4)11(9,2)3;1-5-13-12-8-10(4)6-7-11(12)9(2)3;1-2-12-6-5-11-8-9-3-4-10(11)7-9;1-2-11-7-10-6-8-3-4-9(10)5-8;1-2-11-9-8-10-6-4-3-5-7-10;1-2-10-9-6-7-3-4-8(9)5-7;1-2-10-8-9-6-4-3-5-7-9;1-5-7-6(2,3)4;1-5(2,3)6-4/h10-12H,2-9H2,1H3;9-11H,2-8H2,1H3;8-12H,2-7H2,1H3;9-10H,5-8H2,1-4H3;9-12H,5-8H2,1-4H3;9-11H,2-8H2,1H3;8-10H,2-7H2,1H3;10H,2-9H2,1H3;7-9H,2-6H2,1H3;9H,2-8H2,1H3;5H2,1-4H3;1-4H3. The van der Waals surface area contributed by atoms with E-state index in [0.717, 1.165) is 248 Å². The summed E-state index contributed by atoms with van der Waals surface area (Å²) in [4.78, 5) is 0. The Hall–Kier alpha value is -0.480. The smallest absolute Gasteiger partial charge is 0.0690 e. The fourth-order valence-electron chi connectivity index (χ4n) is 32.2. The normalized spacial score (nSPS) is 38.5. The number of rotatable bonds is 29. The second kappa shape index (κ2) is 59.2. The molecule has 0 amide bonds. The highest BCUT2D eigenvalue weighted by Gasteiger charge is 2.62. The van der Waals surface area contributed by atoms with Crippen LogP contribution in [0.25, 0.3) is 0 Å². The van der Waals surface area contributed by atoms with Gasteiger partial charge in [-0.1, -0.05) is 112 Å². The molecule has 15 atom stereocenters. The SMILES string of the molecule is CCOC(C)(C)C.CCOC12CC3CC(CC(C3)C1)C2.CCOC1C2CC3CC(C2)CC1C3.CCOC1CC(C)CCC1C(C)C.CCOC1CC2CCC1(C)C2(C)C.CCOC1CC2CCC1C2.CCOCC12CC3CC(CC(C3)C1)C2.CCOCC1CC2CCC1C2.CCOCC1CCCCC1.CCOCCC1CC2CCC1C2.CCOCCC1CCCCC1.COC(C)(C)C. The monoisotopic (exact) mass is 1870 g/mol. The number of hydrogen-bond acceptors (Lipinski definition) is 12. The van der Waals surface area contributed by atoms with Crippen LogP contribution in [0.2, 0.25) is 0 Å². The number of ether oxygens (including phenoxy) is 12. The first-order valence-corrected chi connectivity index (χ1v) is 59.0. The molecule has 0 spiro atoms. The Morgan fingerprint density at radius 2 is 0.782 bits per heavy atom. The molecule has 23 saturated carbocycles. The topological polar surface area (TPSA) is 111 Å². The van der Waals surface area contributed by atoms with Gasteiger partial charge in [0.2, 0.25) is 0 Å². The largest absolute Gasteiger partial charge is 0.382 e. The maximum absolute atomic E-state index is 6.04. The van der Waals surface area contributed by atoms with E-state index >= 15 is 0 Å². The fourth-order valence-corrected chi connectivity index (χ4v) is 32.2. The van der Waals surface area contributed by atoms with Crippen molar-refractivity contribution in [1.82, 2.24) is 0 Å². The molecule has 15 unspecified atom stereocenters. The van der Waals surface area contributed by atoms with Crippen molar-refractivity contribution in [3.8, 4) is 0 Å². The molecule has 0 aromatic heterocycles. The zero-order chi connectivity index (χ0) is 96.2. The van der Waals surface area contributed by atoms with E-state index < -0.39 is 0 Å². The van der Waals surface area contributed by atoms with Crippen LogP contribution in [0, 0.1) is 158 Å². The Morgan fingerprint density at radius 1 is 0.338 bits per heavy atom. The first kappa shape index (κ1) is 116. The molecule has 23 aliphatic carbocycles. The third-order valence-corrected chi connectivity index (χ3v) is 38.4. The van der Waals surface area contributed by atoms with Crippen molar-refractivity contribution in [1.29, 1.82) is 0 Å². The number of fused-ring (bicyclic) bond motifs is 8. The van der Waals surface area contributed by atoms with Gasteiger partial charge in [0.1, 0.15) is 0 Å². The summed E-state index contributed by atoms with van der Waals surface area (Å²) in [7, 11) is 1.71. The summed E-state index contributed by atoms with van der Waals surface area (Å²) >= 11 is 0. The van der Waals surface area contributed by atoms with Crippen molar-refractivity contribution in [2.45, 2.75) is 502 Å². The zero-order valence-electron chi connectivity index (χ0n) is 92.6. The predicted molar refractivity (Wildman–Crippen MR) is 559 cm³/mol. The summed E-state index contributed by atoms with van der Waals surface area (Å²) in [5, 5.41) is 0. The van der Waals surface area contributed by atoms with Crippen LogP contribution in [0.15, 0.2) is 0 Å². The highest BCUT2D eigenvalue weighted by Crippen LogP contribution is 2.67. The molecule has 0 aromatic rings. The fraction of sp³-hybridized carbons (Fsp3) is 1.00. The second-order valence-electron chi connectivity index (χ2n) is 51.0. The van der Waals surface area contributed by atoms with E-state index in [1.165, 1.54) is 276 Å². The average molecular weight is 1870 g/mol. The maximum atomic E-state index is 6.04. The van der Waals surface area contributed by atoms with Crippen LogP contribution in [0.5, 0.6) is 0 Å². The molecule has 133 heavy (non-hydrogen) atoms. The molecule has 12 nitrogen and oxygen atoms in total. The third kappa shape index (κ3) is 37.5. The van der Waals surface area contributed by atoms with Gasteiger partial charge in [-0.2, -0.15) is 0 Å². The lowest BCUT2D eigenvalue weighted by Crippen LogP contribution is -2.51. The van der Waals surface area contributed by atoms with Gasteiger partial charge in [-0.15, -0.1) is 0 Å². The Balaban J connectivity index is 0.000000164. The molecule has 12 heteroatoms. The van der Waals surface area contributed by atoms with Gasteiger partial charge in [0.25, 0.3) is 0 Å². The summed E-state index contributed by atoms with van der Waals surface area (Å²) in [5.74, 6) is 23.8. The van der Waals surface area contributed by atoms with Gasteiger partial charge in [0, 0.05) is 106 Å². The highest BCUT2D eigenvalue weighted by molar-refractivity contribution is 5.11. The van der Waals surface area contributed by atoms with Gasteiger partial charge in [-0.3, -0.25) is 0 Å². The van der Waals surface area contributed by atoms with Crippen molar-refractivity contribution in [2.24, 2.45) is 158 Å². The lowest BCUT2D eigenvalue weighted by molar-refractivity contribution is -0.159. The Morgan fingerprint density at radius 3 is 1.18 bits per heavy atom. The van der Waals surface area contributed by atoms with Crippen LogP contribution >= 0.6 is 0 Å². The lowest BCUT2D eigenvalue weighted by atomic mass is 9.50. The van der Waals surface area contributed by atoms with E-state index in [0.29, 0.717) is 46.3 Å². The zero-order valence-corrected chi connectivity index (χ0v) is 92.6. The molecule has 782 valence electrons. The number of methoxy groups -OCH3 is 1. The Labute approximate surface area is 825 Å². The Kier molecular flexibility index (Phi) is 51.7. The maximum Gasteiger partial charge on any atom is 0.0690 e. The van der Waals surface area contributed by atoms with Gasteiger partial charge in [0.15, 0.2) is 0 Å². The van der Waals surface area contributed by atoms with Crippen molar-refractivity contribution in [2.75, 3.05) is 113 Å². The van der Waals surface area contributed by atoms with Crippen molar-refractivity contribution in [3.05, 3.63) is 0 Å². The molecular weight excluding hydrogens is 1650 g/mol. The van der Waals surface area contributed by atoms with Crippen LogP contribution in [0.3, 0.4) is 0 Å². The van der Waals surface area contributed by atoms with E-state index in [4.69, 9.17) is 56.8 Å². The molecule has 23 fully saturated rings. The van der Waals surface area contributed by atoms with Crippen LogP contribution in [0.1, 0.15) is 461 Å². The van der Waals surface area contributed by atoms with Gasteiger partial charge >= 0.3 is 0 Å². The minimum Gasteiger partial charge on any atom is -0.382 e. The minimum atomic E-state index is 0.0417. The molecule has 0 aliphatic heterocycles. The molecule has 23 aliphatic rings. The average Bonchev–Trinajstić information content (AvgIpc) is 1.56. The number of hydrogen-bond donors (Lipinski definition) is 0. The minimum absolute atomic E-state index is 0.0417. The summed E-state index contributed by atoms with van der Waals surface area (Å²) < 4.78 is 66.8. The molecule has 0 aromatic carbocycles. The van der Waals surface area contributed by atoms with Gasteiger partial charge in [-0.25, -0.2) is 0 Å². The van der Waals surface area contributed by atoms with E-state index in [9.17, 15) is 0 Å². The molecule has 0 heterocycles. The summed E-state index contributed by atoms with van der Waals surface area (Å²) in [6.07, 6.45) is 70.6.